The van der Waals surface area contributed by atoms with Gasteiger partial charge in [-0.15, -0.1) is 0 Å². The van der Waals surface area contributed by atoms with Crippen LogP contribution in [-0.4, -0.2) is 45.6 Å². The highest BCUT2D eigenvalue weighted by molar-refractivity contribution is 5.96. The van der Waals surface area contributed by atoms with Crippen molar-refractivity contribution in [1.82, 2.24) is 0 Å². The van der Waals surface area contributed by atoms with Crippen LogP contribution in [0.5, 0.6) is 5.75 Å². The highest BCUT2D eigenvalue weighted by Crippen LogP contribution is 2.18. The summed E-state index contributed by atoms with van der Waals surface area (Å²) >= 11 is 0. The number of anilines is 1. The van der Waals surface area contributed by atoms with Crippen molar-refractivity contribution < 1.29 is 18.8 Å². The number of benzene rings is 2. The molecule has 3 rings (SSSR count). The topological polar surface area (TPSA) is 34.0 Å². The first-order valence-electron chi connectivity index (χ1n) is 8.67. The molecule has 0 amide bonds. The van der Waals surface area contributed by atoms with Gasteiger partial charge in [-0.2, -0.15) is 0 Å². The second-order valence-corrected chi connectivity index (χ2v) is 6.34. The molecule has 0 bridgehead atoms. The van der Waals surface area contributed by atoms with Crippen LogP contribution in [0, 0.1) is 5.82 Å². The molecule has 1 heterocycles. The van der Waals surface area contributed by atoms with Gasteiger partial charge in [0.05, 0.1) is 51.9 Å². The lowest BCUT2D eigenvalue weighted by Gasteiger charge is -2.33. The number of hydrogen-bond donors (Lipinski definition) is 1. The van der Waals surface area contributed by atoms with E-state index in [-0.39, 0.29) is 11.6 Å². The van der Waals surface area contributed by atoms with E-state index in [0.717, 1.165) is 44.0 Å². The quantitative estimate of drug-likeness (QED) is 0.813. The van der Waals surface area contributed by atoms with Crippen molar-refractivity contribution in [2.75, 3.05) is 44.7 Å². The second-order valence-electron chi connectivity index (χ2n) is 6.34. The highest BCUT2D eigenvalue weighted by Gasteiger charge is 2.22. The maximum Gasteiger partial charge on any atom is 0.168 e. The van der Waals surface area contributed by atoms with Gasteiger partial charge >= 0.3 is 0 Å². The molecule has 0 saturated carbocycles. The van der Waals surface area contributed by atoms with Gasteiger partial charge in [0.15, 0.2) is 5.78 Å². The molecule has 132 valence electrons. The van der Waals surface area contributed by atoms with Crippen molar-refractivity contribution in [1.29, 1.82) is 0 Å². The number of carbonyl (C=O) groups excluding carboxylic acids is 1. The summed E-state index contributed by atoms with van der Waals surface area (Å²) in [7, 11) is 1.61. The van der Waals surface area contributed by atoms with Gasteiger partial charge in [0.2, 0.25) is 0 Å². The number of ether oxygens (including phenoxy) is 1. The van der Waals surface area contributed by atoms with Gasteiger partial charge in [-0.1, -0.05) is 12.1 Å². The average molecular weight is 343 g/mol. The lowest BCUT2D eigenvalue weighted by molar-refractivity contribution is -0.899. The number of ketones is 1. The van der Waals surface area contributed by atoms with E-state index in [1.807, 2.05) is 36.4 Å². The number of methoxy groups -OCH3 is 1. The molecule has 25 heavy (non-hydrogen) atoms. The minimum atomic E-state index is -0.166. The largest absolute Gasteiger partial charge is 0.497 e. The standard InChI is InChI=1S/C20H23FN2O2/c1-25-17-8-6-16(7-9-17)20(24)10-11-22-12-14-23(15-13-22)19-5-3-2-4-18(19)21/h2-9H,10-15H2,1H3/p+1. The lowest BCUT2D eigenvalue weighted by atomic mass is 10.1. The van der Waals surface area contributed by atoms with E-state index in [4.69, 9.17) is 4.74 Å². The zero-order valence-electron chi connectivity index (χ0n) is 14.5. The van der Waals surface area contributed by atoms with Crippen LogP contribution < -0.4 is 14.5 Å². The summed E-state index contributed by atoms with van der Waals surface area (Å²) in [5.41, 5.74) is 1.40. The molecule has 0 radical (unpaired) electrons. The number of nitrogens with zero attached hydrogens (tertiary/aromatic N) is 1. The molecule has 2 aromatic rings. The fraction of sp³-hybridized carbons (Fsp3) is 0.350. The third-order valence-corrected chi connectivity index (χ3v) is 4.78. The summed E-state index contributed by atoms with van der Waals surface area (Å²) in [6.45, 7) is 4.28. The molecule has 5 heteroatoms. The SMILES string of the molecule is COc1ccc(C(=O)CC[NH+]2CCN(c3ccccc3F)CC2)cc1. The van der Waals surface area contributed by atoms with Crippen LogP contribution >= 0.6 is 0 Å². The van der Waals surface area contributed by atoms with Crippen LogP contribution in [0.4, 0.5) is 10.1 Å². The zero-order chi connectivity index (χ0) is 17.6. The summed E-state index contributed by atoms with van der Waals surface area (Å²) in [6.07, 6.45) is 0.529. The van der Waals surface area contributed by atoms with Crippen LogP contribution in [0.2, 0.25) is 0 Å². The normalized spacial score (nSPS) is 15.2. The Morgan fingerprint density at radius 1 is 1.12 bits per heavy atom. The number of halogens is 1. The van der Waals surface area contributed by atoms with Crippen LogP contribution in [0.3, 0.4) is 0 Å². The van der Waals surface area contributed by atoms with Gasteiger partial charge in [-0.25, -0.2) is 4.39 Å². The number of hydrogen-bond acceptors (Lipinski definition) is 3. The van der Waals surface area contributed by atoms with E-state index >= 15 is 0 Å². The third-order valence-electron chi connectivity index (χ3n) is 4.78. The van der Waals surface area contributed by atoms with Crippen molar-refractivity contribution in [3.05, 3.63) is 59.9 Å². The number of nitrogens with one attached hydrogen (secondary N) is 1. The maximum absolute atomic E-state index is 13.9. The number of piperazine rings is 1. The molecule has 1 aliphatic heterocycles. The van der Waals surface area contributed by atoms with Crippen molar-refractivity contribution in [2.24, 2.45) is 0 Å². The first kappa shape index (κ1) is 17.4. The maximum atomic E-state index is 13.9. The predicted octanol–water partition coefficient (Wildman–Crippen LogP) is 1.81. The van der Waals surface area contributed by atoms with E-state index < -0.39 is 0 Å². The Hall–Kier alpha value is -2.40. The Morgan fingerprint density at radius 2 is 1.80 bits per heavy atom. The summed E-state index contributed by atoms with van der Waals surface area (Å²) in [4.78, 5) is 15.8. The second kappa shape index (κ2) is 8.12. The highest BCUT2D eigenvalue weighted by atomic mass is 19.1. The number of quaternary nitrogens is 1. The number of carbonyl (C=O) groups is 1. The van der Waals surface area contributed by atoms with Crippen LogP contribution in [0.1, 0.15) is 16.8 Å². The van der Waals surface area contributed by atoms with E-state index in [9.17, 15) is 9.18 Å². The first-order valence-corrected chi connectivity index (χ1v) is 8.67. The number of Topliss-reactive ketones (excluding diaryl/α,β-unsaturated/α-hetero) is 1. The Balaban J connectivity index is 1.47. The molecule has 1 fully saturated rings. The van der Waals surface area contributed by atoms with Gasteiger partial charge < -0.3 is 14.5 Å². The van der Waals surface area contributed by atoms with Crippen molar-refractivity contribution in [2.45, 2.75) is 6.42 Å². The zero-order valence-corrected chi connectivity index (χ0v) is 14.5. The molecule has 0 spiro atoms. The molecule has 0 aliphatic carbocycles. The van der Waals surface area contributed by atoms with Gasteiger partial charge in [0, 0.05) is 5.56 Å². The minimum Gasteiger partial charge on any atom is -0.497 e. The fourth-order valence-electron chi connectivity index (χ4n) is 3.23. The Labute approximate surface area is 147 Å². The predicted molar refractivity (Wildman–Crippen MR) is 96.1 cm³/mol. The summed E-state index contributed by atoms with van der Waals surface area (Å²) in [5.74, 6) is 0.749. The lowest BCUT2D eigenvalue weighted by Crippen LogP contribution is -3.15. The molecule has 0 atom stereocenters. The Kier molecular flexibility index (Phi) is 5.66. The van der Waals surface area contributed by atoms with Gasteiger partial charge in [-0.05, 0) is 36.4 Å². The van der Waals surface area contributed by atoms with E-state index in [1.54, 1.807) is 13.2 Å². The average Bonchev–Trinajstić information content (AvgIpc) is 2.67. The minimum absolute atomic E-state index is 0.159. The monoisotopic (exact) mass is 343 g/mol. The molecular formula is C20H24FN2O2+. The van der Waals surface area contributed by atoms with Crippen LogP contribution in [0.25, 0.3) is 0 Å². The van der Waals surface area contributed by atoms with E-state index in [1.165, 1.54) is 11.0 Å². The third kappa shape index (κ3) is 4.37. The smallest absolute Gasteiger partial charge is 0.168 e. The van der Waals surface area contributed by atoms with E-state index in [2.05, 4.69) is 4.90 Å². The Bertz CT molecular complexity index is 710. The van der Waals surface area contributed by atoms with E-state index in [0.29, 0.717) is 12.1 Å². The molecule has 4 nitrogen and oxygen atoms in total. The molecular weight excluding hydrogens is 319 g/mol. The molecule has 0 aromatic heterocycles. The fourth-order valence-corrected chi connectivity index (χ4v) is 3.23. The van der Waals surface area contributed by atoms with Crippen LogP contribution in [-0.2, 0) is 0 Å². The van der Waals surface area contributed by atoms with Crippen molar-refractivity contribution in [3.8, 4) is 5.75 Å². The molecule has 1 N–H and O–H groups in total. The Morgan fingerprint density at radius 3 is 2.44 bits per heavy atom. The summed E-state index contributed by atoms with van der Waals surface area (Å²) in [6, 6.07) is 14.2. The van der Waals surface area contributed by atoms with Crippen molar-refractivity contribution >= 4 is 11.5 Å². The summed E-state index contributed by atoms with van der Waals surface area (Å²) < 4.78 is 19.0. The van der Waals surface area contributed by atoms with Gasteiger partial charge in [0.1, 0.15) is 11.6 Å². The first-order chi connectivity index (χ1) is 12.2. The molecule has 2 aromatic carbocycles. The van der Waals surface area contributed by atoms with Crippen LogP contribution in [0.15, 0.2) is 48.5 Å². The van der Waals surface area contributed by atoms with Gasteiger partial charge in [0.25, 0.3) is 0 Å². The number of para-hydroxylation sites is 1. The summed E-state index contributed by atoms with van der Waals surface area (Å²) in [5, 5.41) is 0. The van der Waals surface area contributed by atoms with Crippen molar-refractivity contribution in [3.63, 3.8) is 0 Å². The number of rotatable bonds is 6. The molecule has 1 saturated heterocycles. The molecule has 0 unspecified atom stereocenters. The van der Waals surface area contributed by atoms with Gasteiger partial charge in [-0.3, -0.25) is 4.79 Å². The molecule has 1 aliphatic rings.